The van der Waals surface area contributed by atoms with Gasteiger partial charge in [0.2, 0.25) is 11.8 Å². The lowest BCUT2D eigenvalue weighted by Gasteiger charge is -2.18. The number of nitrogens with zero attached hydrogens (tertiary/aromatic N) is 2. The molecule has 200 valence electrons. The van der Waals surface area contributed by atoms with E-state index in [2.05, 4.69) is 10.6 Å². The Bertz CT molecular complexity index is 1420. The number of pyridine rings is 1. The second kappa shape index (κ2) is 12.9. The first kappa shape index (κ1) is 27.7. The number of hydrogen-bond acceptors (Lipinski definition) is 7. The topological polar surface area (TPSA) is 195 Å². The molecule has 2 heterocycles. The van der Waals surface area contributed by atoms with E-state index < -0.39 is 42.2 Å². The number of alkyl carbamates (subject to hydrolysis) is 1. The first-order valence-electron chi connectivity index (χ1n) is 11.5. The summed E-state index contributed by atoms with van der Waals surface area (Å²) >= 11 is 0. The number of benzene rings is 1. The van der Waals surface area contributed by atoms with Crippen LogP contribution in [0.15, 0.2) is 65.6 Å². The number of carbonyl (C=O) groups is 4. The molecule has 3 amide bonds. The summed E-state index contributed by atoms with van der Waals surface area (Å²) in [6.45, 7) is -0.773. The van der Waals surface area contributed by atoms with Crippen LogP contribution in [0.3, 0.4) is 0 Å². The molecule has 0 aliphatic rings. The first-order chi connectivity index (χ1) is 18.2. The number of carbonyl (C=O) groups excluding carboxylic acids is 3. The van der Waals surface area contributed by atoms with Gasteiger partial charge in [0.1, 0.15) is 18.3 Å². The number of rotatable bonds is 11. The Morgan fingerprint density at radius 2 is 1.89 bits per heavy atom. The standard InChI is InChI=1S/C25H27N5O8/c26-21(32)10-4-2-7-18(28-24(35)38-13-12-31)22(33)27-19-8-5-11-29(23(19)34)15-17-14-16-6-1-3-9-20(16)30(17)25(36)37/h1,3-6,8-11,14,18,31H,2,7,12-13,15H2,(H2,26,32)(H,27,33)(H,28,35)(H,36,37). The maximum Gasteiger partial charge on any atom is 0.416 e. The van der Waals surface area contributed by atoms with Gasteiger partial charge in [0.15, 0.2) is 0 Å². The molecule has 0 spiro atoms. The molecule has 1 unspecified atom stereocenters. The second-order valence-electron chi connectivity index (χ2n) is 8.10. The van der Waals surface area contributed by atoms with Crippen molar-refractivity contribution in [3.8, 4) is 0 Å². The van der Waals surface area contributed by atoms with Crippen molar-refractivity contribution in [3.05, 3.63) is 76.9 Å². The Kier molecular flexibility index (Phi) is 9.37. The average Bonchev–Trinajstić information content (AvgIpc) is 3.25. The van der Waals surface area contributed by atoms with E-state index in [1.54, 1.807) is 30.3 Å². The number of aliphatic hydroxyl groups is 1. The molecule has 13 nitrogen and oxygen atoms in total. The molecular formula is C25H27N5O8. The van der Waals surface area contributed by atoms with Crippen molar-refractivity contribution in [2.24, 2.45) is 5.73 Å². The fourth-order valence-corrected chi connectivity index (χ4v) is 3.76. The normalized spacial score (nSPS) is 11.8. The van der Waals surface area contributed by atoms with Crippen molar-refractivity contribution >= 4 is 40.6 Å². The summed E-state index contributed by atoms with van der Waals surface area (Å²) < 4.78 is 7.08. The van der Waals surface area contributed by atoms with E-state index in [-0.39, 0.29) is 31.7 Å². The Balaban J connectivity index is 1.82. The van der Waals surface area contributed by atoms with Crippen LogP contribution in [0, 0.1) is 0 Å². The fraction of sp³-hybridized carbons (Fsp3) is 0.240. The molecule has 6 N–H and O–H groups in total. The van der Waals surface area contributed by atoms with Crippen molar-refractivity contribution in [1.29, 1.82) is 0 Å². The van der Waals surface area contributed by atoms with E-state index >= 15 is 0 Å². The highest BCUT2D eigenvalue weighted by molar-refractivity contribution is 5.96. The maximum atomic E-state index is 13.1. The van der Waals surface area contributed by atoms with Gasteiger partial charge in [-0.05, 0) is 43.2 Å². The second-order valence-corrected chi connectivity index (χ2v) is 8.10. The lowest BCUT2D eigenvalue weighted by Crippen LogP contribution is -2.45. The fourth-order valence-electron chi connectivity index (χ4n) is 3.76. The zero-order valence-corrected chi connectivity index (χ0v) is 20.2. The average molecular weight is 526 g/mol. The monoisotopic (exact) mass is 525 g/mol. The third-order valence-electron chi connectivity index (χ3n) is 5.43. The molecule has 0 aliphatic carbocycles. The number of para-hydroxylation sites is 1. The molecule has 38 heavy (non-hydrogen) atoms. The molecule has 1 atom stereocenters. The van der Waals surface area contributed by atoms with Crippen LogP contribution in [0.4, 0.5) is 15.3 Å². The molecule has 13 heteroatoms. The molecule has 3 rings (SSSR count). The van der Waals surface area contributed by atoms with Gasteiger partial charge < -0.3 is 35.9 Å². The van der Waals surface area contributed by atoms with Crippen molar-refractivity contribution in [3.63, 3.8) is 0 Å². The lowest BCUT2D eigenvalue weighted by molar-refractivity contribution is -0.118. The number of nitrogens with two attached hydrogens (primary N) is 1. The zero-order valence-electron chi connectivity index (χ0n) is 20.2. The summed E-state index contributed by atoms with van der Waals surface area (Å²) in [6, 6.07) is 10.3. The minimum absolute atomic E-state index is 0.0452. The van der Waals surface area contributed by atoms with Crippen LogP contribution in [0.25, 0.3) is 10.9 Å². The van der Waals surface area contributed by atoms with Gasteiger partial charge in [-0.15, -0.1) is 0 Å². The Morgan fingerprint density at radius 1 is 1.13 bits per heavy atom. The Morgan fingerprint density at radius 3 is 2.61 bits per heavy atom. The van der Waals surface area contributed by atoms with Gasteiger partial charge in [-0.25, -0.2) is 14.2 Å². The minimum atomic E-state index is -1.20. The number of allylic oxidation sites excluding steroid dienone is 1. The highest BCUT2D eigenvalue weighted by Gasteiger charge is 2.22. The molecule has 1 aromatic carbocycles. The highest BCUT2D eigenvalue weighted by Crippen LogP contribution is 2.20. The van der Waals surface area contributed by atoms with E-state index in [1.165, 1.54) is 29.0 Å². The number of carboxylic acid groups (broad SMARTS) is 1. The van der Waals surface area contributed by atoms with Crippen LogP contribution in [0.1, 0.15) is 18.5 Å². The molecule has 0 saturated carbocycles. The molecule has 0 bridgehead atoms. The number of anilines is 1. The van der Waals surface area contributed by atoms with Gasteiger partial charge >= 0.3 is 12.2 Å². The van der Waals surface area contributed by atoms with E-state index in [0.717, 1.165) is 10.6 Å². The SMILES string of the molecule is NC(=O)C=CCCC(NC(=O)OCCO)C(=O)Nc1cccn(Cc2cc3ccccc3n2C(=O)O)c1=O. The molecule has 0 saturated heterocycles. The van der Waals surface area contributed by atoms with Gasteiger partial charge in [-0.3, -0.25) is 14.4 Å². The van der Waals surface area contributed by atoms with E-state index in [9.17, 15) is 29.1 Å². The van der Waals surface area contributed by atoms with Gasteiger partial charge in [-0.2, -0.15) is 0 Å². The third kappa shape index (κ3) is 7.07. The van der Waals surface area contributed by atoms with Gasteiger partial charge in [0.05, 0.1) is 18.7 Å². The number of nitrogens with one attached hydrogen (secondary N) is 2. The van der Waals surface area contributed by atoms with Crippen LogP contribution < -0.4 is 21.9 Å². The molecule has 2 aromatic heterocycles. The van der Waals surface area contributed by atoms with E-state index in [4.69, 9.17) is 15.6 Å². The third-order valence-corrected chi connectivity index (χ3v) is 5.43. The molecule has 3 aromatic rings. The summed E-state index contributed by atoms with van der Waals surface area (Å²) in [5.41, 5.74) is 5.17. The number of aromatic nitrogens is 2. The van der Waals surface area contributed by atoms with Crippen LogP contribution in [0.5, 0.6) is 0 Å². The van der Waals surface area contributed by atoms with Gasteiger partial charge in [-0.1, -0.05) is 24.3 Å². The number of aliphatic hydroxyl groups excluding tert-OH is 1. The Hall–Kier alpha value is -4.91. The molecular weight excluding hydrogens is 498 g/mol. The van der Waals surface area contributed by atoms with Crippen molar-refractivity contribution < 1.29 is 34.1 Å². The number of primary amides is 1. The zero-order chi connectivity index (χ0) is 27.7. The largest absolute Gasteiger partial charge is 0.464 e. The van der Waals surface area contributed by atoms with Crippen LogP contribution in [-0.2, 0) is 20.9 Å². The smallest absolute Gasteiger partial charge is 0.416 e. The molecule has 0 fully saturated rings. The van der Waals surface area contributed by atoms with Crippen molar-refractivity contribution in [1.82, 2.24) is 14.5 Å². The highest BCUT2D eigenvalue weighted by atomic mass is 16.6. The lowest BCUT2D eigenvalue weighted by atomic mass is 10.1. The van der Waals surface area contributed by atoms with Gasteiger partial charge in [0.25, 0.3) is 5.56 Å². The predicted octanol–water partition coefficient (Wildman–Crippen LogP) is 1.22. The van der Waals surface area contributed by atoms with Crippen LogP contribution in [0.2, 0.25) is 0 Å². The summed E-state index contributed by atoms with van der Waals surface area (Å²) in [5.74, 6) is -1.40. The summed E-state index contributed by atoms with van der Waals surface area (Å²) in [6.07, 6.45) is 2.09. The van der Waals surface area contributed by atoms with Gasteiger partial charge in [0, 0.05) is 17.3 Å². The quantitative estimate of drug-likeness (QED) is 0.230. The molecule has 0 radical (unpaired) electrons. The van der Waals surface area contributed by atoms with Crippen molar-refractivity contribution in [2.75, 3.05) is 18.5 Å². The number of amides is 3. The predicted molar refractivity (Wildman–Crippen MR) is 137 cm³/mol. The summed E-state index contributed by atoms with van der Waals surface area (Å²) in [5, 5.41) is 24.1. The maximum absolute atomic E-state index is 13.1. The molecule has 0 aliphatic heterocycles. The summed E-state index contributed by atoms with van der Waals surface area (Å²) in [7, 11) is 0. The van der Waals surface area contributed by atoms with Crippen molar-refractivity contribution in [2.45, 2.75) is 25.4 Å². The Labute approximate surface area is 216 Å². The summed E-state index contributed by atoms with van der Waals surface area (Å²) in [4.78, 5) is 60.8. The van der Waals surface area contributed by atoms with E-state index in [1.807, 2.05) is 0 Å². The first-order valence-corrected chi connectivity index (χ1v) is 11.5. The number of hydrogen-bond donors (Lipinski definition) is 5. The number of ether oxygens (including phenoxy) is 1. The van der Waals surface area contributed by atoms with Crippen LogP contribution >= 0.6 is 0 Å². The minimum Gasteiger partial charge on any atom is -0.464 e. The van der Waals surface area contributed by atoms with E-state index in [0.29, 0.717) is 16.6 Å². The van der Waals surface area contributed by atoms with Crippen LogP contribution in [-0.4, -0.2) is 62.6 Å². The number of fused-ring (bicyclic) bond motifs is 1.